The van der Waals surface area contributed by atoms with Crippen LogP contribution in [0.4, 0.5) is 0 Å². The van der Waals surface area contributed by atoms with Crippen molar-refractivity contribution in [3.63, 3.8) is 0 Å². The number of rotatable bonds is 6. The van der Waals surface area contributed by atoms with Gasteiger partial charge in [-0.3, -0.25) is 9.80 Å². The van der Waals surface area contributed by atoms with Crippen molar-refractivity contribution in [3.8, 4) is 0 Å². The molecule has 0 bridgehead atoms. The van der Waals surface area contributed by atoms with E-state index in [1.165, 1.54) is 11.1 Å². The second kappa shape index (κ2) is 8.61. The third kappa shape index (κ3) is 4.30. The molecule has 2 atom stereocenters. The van der Waals surface area contributed by atoms with Crippen LogP contribution in [0.15, 0.2) is 60.7 Å². The molecule has 2 aromatic carbocycles. The summed E-state index contributed by atoms with van der Waals surface area (Å²) >= 11 is 0. The molecule has 2 N–H and O–H groups in total. The maximum atomic E-state index is 5.73. The van der Waals surface area contributed by atoms with Crippen LogP contribution in [0.3, 0.4) is 0 Å². The van der Waals surface area contributed by atoms with Gasteiger partial charge in [-0.25, -0.2) is 0 Å². The van der Waals surface area contributed by atoms with Crippen LogP contribution in [-0.2, 0) is 0 Å². The molecule has 1 aliphatic heterocycles. The van der Waals surface area contributed by atoms with E-state index in [-0.39, 0.29) is 0 Å². The lowest BCUT2D eigenvalue weighted by Crippen LogP contribution is -2.57. The van der Waals surface area contributed by atoms with E-state index in [4.69, 9.17) is 5.73 Å². The third-order valence-electron chi connectivity index (χ3n) is 5.35. The minimum atomic E-state index is 0.323. The van der Waals surface area contributed by atoms with Gasteiger partial charge in [0, 0.05) is 31.7 Å². The minimum Gasteiger partial charge on any atom is -0.330 e. The Morgan fingerprint density at radius 3 is 1.80 bits per heavy atom. The Bertz CT molecular complexity index is 577. The van der Waals surface area contributed by atoms with Crippen molar-refractivity contribution in [2.75, 3.05) is 26.2 Å². The summed E-state index contributed by atoms with van der Waals surface area (Å²) < 4.78 is 0. The third-order valence-corrected chi connectivity index (χ3v) is 5.35. The van der Waals surface area contributed by atoms with Crippen molar-refractivity contribution in [1.29, 1.82) is 0 Å². The second-order valence-electron chi connectivity index (χ2n) is 7.26. The van der Waals surface area contributed by atoms with Crippen LogP contribution in [0.25, 0.3) is 0 Å². The van der Waals surface area contributed by atoms with E-state index in [9.17, 15) is 0 Å². The van der Waals surface area contributed by atoms with Crippen LogP contribution in [0, 0.1) is 0 Å². The number of hydrogen-bond donors (Lipinski definition) is 1. The molecule has 1 heterocycles. The number of nitrogens with two attached hydrogens (primary N) is 1. The minimum absolute atomic E-state index is 0.323. The van der Waals surface area contributed by atoms with Gasteiger partial charge in [0.2, 0.25) is 0 Å². The van der Waals surface area contributed by atoms with Gasteiger partial charge in [-0.15, -0.1) is 0 Å². The summed E-state index contributed by atoms with van der Waals surface area (Å²) in [7, 11) is 0. The normalized spacial score (nSPS) is 22.4. The van der Waals surface area contributed by atoms with Gasteiger partial charge in [0.25, 0.3) is 0 Å². The average Bonchev–Trinajstić information content (AvgIpc) is 2.63. The molecule has 3 nitrogen and oxygen atoms in total. The molecule has 2 aromatic rings. The number of nitrogens with zero attached hydrogens (tertiary/aromatic N) is 2. The SMILES string of the molecule is C[C@@H]1CN(C(c2ccccc2)c2ccccc2)C[C@H](C)N1CCCN. The number of hydrogen-bond acceptors (Lipinski definition) is 3. The molecule has 0 aliphatic carbocycles. The Morgan fingerprint density at radius 2 is 1.36 bits per heavy atom. The molecule has 134 valence electrons. The van der Waals surface area contributed by atoms with Crippen LogP contribution in [0.1, 0.15) is 37.4 Å². The largest absolute Gasteiger partial charge is 0.330 e. The first-order valence-corrected chi connectivity index (χ1v) is 9.50. The van der Waals surface area contributed by atoms with Crippen LogP contribution >= 0.6 is 0 Å². The molecule has 1 fully saturated rings. The van der Waals surface area contributed by atoms with Gasteiger partial charge in [-0.2, -0.15) is 0 Å². The molecule has 3 heteroatoms. The zero-order chi connectivity index (χ0) is 17.6. The maximum absolute atomic E-state index is 5.73. The van der Waals surface area contributed by atoms with E-state index in [1.807, 2.05) is 0 Å². The van der Waals surface area contributed by atoms with E-state index < -0.39 is 0 Å². The molecule has 1 saturated heterocycles. The van der Waals surface area contributed by atoms with Crippen molar-refractivity contribution < 1.29 is 0 Å². The average molecular weight is 338 g/mol. The summed E-state index contributed by atoms with van der Waals surface area (Å²) in [6, 6.07) is 23.2. The standard InChI is InChI=1S/C22H31N3/c1-18-16-24(17-19(2)25(18)15-9-14-23)22(20-10-5-3-6-11-20)21-12-7-4-8-13-21/h3-8,10-13,18-19,22H,9,14-17,23H2,1-2H3/t18-,19+. The fraction of sp³-hybridized carbons (Fsp3) is 0.455. The van der Waals surface area contributed by atoms with Crippen molar-refractivity contribution in [3.05, 3.63) is 71.8 Å². The van der Waals surface area contributed by atoms with Crippen molar-refractivity contribution in [1.82, 2.24) is 9.80 Å². The number of benzene rings is 2. The lowest BCUT2D eigenvalue weighted by Gasteiger charge is -2.47. The lowest BCUT2D eigenvalue weighted by molar-refractivity contribution is 0.0238. The van der Waals surface area contributed by atoms with Crippen LogP contribution < -0.4 is 5.73 Å². The molecule has 0 unspecified atom stereocenters. The molecule has 0 amide bonds. The molecule has 0 aromatic heterocycles. The van der Waals surface area contributed by atoms with E-state index in [0.29, 0.717) is 18.1 Å². The predicted molar refractivity (Wildman–Crippen MR) is 106 cm³/mol. The van der Waals surface area contributed by atoms with E-state index >= 15 is 0 Å². The second-order valence-corrected chi connectivity index (χ2v) is 7.26. The van der Waals surface area contributed by atoms with Gasteiger partial charge < -0.3 is 5.73 Å². The highest BCUT2D eigenvalue weighted by Gasteiger charge is 2.33. The van der Waals surface area contributed by atoms with Crippen LogP contribution in [0.2, 0.25) is 0 Å². The highest BCUT2D eigenvalue weighted by Crippen LogP contribution is 2.31. The van der Waals surface area contributed by atoms with E-state index in [0.717, 1.165) is 32.6 Å². The molecular weight excluding hydrogens is 306 g/mol. The molecule has 0 spiro atoms. The fourth-order valence-corrected chi connectivity index (χ4v) is 4.21. The topological polar surface area (TPSA) is 32.5 Å². The summed E-state index contributed by atoms with van der Waals surface area (Å²) in [4.78, 5) is 5.27. The molecular formula is C22H31N3. The van der Waals surface area contributed by atoms with Crippen molar-refractivity contribution in [2.45, 2.75) is 38.4 Å². The molecule has 0 radical (unpaired) electrons. The highest BCUT2D eigenvalue weighted by molar-refractivity contribution is 5.32. The Kier molecular flexibility index (Phi) is 6.24. The maximum Gasteiger partial charge on any atom is 0.0602 e. The van der Waals surface area contributed by atoms with Gasteiger partial charge in [0.1, 0.15) is 0 Å². The summed E-state index contributed by atoms with van der Waals surface area (Å²) in [5.74, 6) is 0. The van der Waals surface area contributed by atoms with Gasteiger partial charge in [-0.1, -0.05) is 60.7 Å². The molecule has 1 aliphatic rings. The predicted octanol–water partition coefficient (Wildman–Crippen LogP) is 3.52. The molecule has 0 saturated carbocycles. The Balaban J connectivity index is 1.85. The smallest absolute Gasteiger partial charge is 0.0602 e. The van der Waals surface area contributed by atoms with Crippen molar-refractivity contribution in [2.24, 2.45) is 5.73 Å². The summed E-state index contributed by atoms with van der Waals surface area (Å²) in [5.41, 5.74) is 8.48. The fourth-order valence-electron chi connectivity index (χ4n) is 4.21. The van der Waals surface area contributed by atoms with E-state index in [1.54, 1.807) is 0 Å². The quantitative estimate of drug-likeness (QED) is 0.875. The van der Waals surface area contributed by atoms with Crippen LogP contribution in [0.5, 0.6) is 0 Å². The van der Waals surface area contributed by atoms with E-state index in [2.05, 4.69) is 84.3 Å². The van der Waals surface area contributed by atoms with Gasteiger partial charge in [-0.05, 0) is 37.9 Å². The molecule has 25 heavy (non-hydrogen) atoms. The first-order valence-electron chi connectivity index (χ1n) is 9.50. The van der Waals surface area contributed by atoms with Gasteiger partial charge >= 0.3 is 0 Å². The first kappa shape index (κ1) is 18.1. The lowest BCUT2D eigenvalue weighted by atomic mass is 9.94. The Morgan fingerprint density at radius 1 is 0.880 bits per heavy atom. The zero-order valence-electron chi connectivity index (χ0n) is 15.5. The van der Waals surface area contributed by atoms with Crippen molar-refractivity contribution >= 4 is 0 Å². The van der Waals surface area contributed by atoms with Crippen LogP contribution in [-0.4, -0.2) is 48.1 Å². The Hall–Kier alpha value is -1.68. The van der Waals surface area contributed by atoms with Gasteiger partial charge in [0.05, 0.1) is 6.04 Å². The monoisotopic (exact) mass is 337 g/mol. The zero-order valence-corrected chi connectivity index (χ0v) is 15.5. The Labute approximate surface area is 152 Å². The molecule has 3 rings (SSSR count). The first-order chi connectivity index (χ1) is 12.2. The van der Waals surface area contributed by atoms with Gasteiger partial charge in [0.15, 0.2) is 0 Å². The summed E-state index contributed by atoms with van der Waals surface area (Å²) in [6.45, 7) is 8.76. The number of piperazine rings is 1. The highest BCUT2D eigenvalue weighted by atomic mass is 15.3. The summed E-state index contributed by atoms with van der Waals surface area (Å²) in [6.07, 6.45) is 1.08. The summed E-state index contributed by atoms with van der Waals surface area (Å²) in [5, 5.41) is 0.